The summed E-state index contributed by atoms with van der Waals surface area (Å²) in [4.78, 5) is 0. The molecule has 102 valence electrons. The monoisotopic (exact) mass is 290 g/mol. The number of benzene rings is 1. The first-order chi connectivity index (χ1) is 8.47. The van der Waals surface area contributed by atoms with Crippen LogP contribution in [0.3, 0.4) is 0 Å². The van der Waals surface area contributed by atoms with Crippen LogP contribution in [0.4, 0.5) is 0 Å². The predicted molar refractivity (Wildman–Crippen MR) is 76.4 cm³/mol. The standard InChI is InChI=1S/C14H20Cl2O2/c1-3-5-12(17)13(18)8-9(2)10-6-4-7-11(15)14(10)16/h4,6-7,9,12-13,17-18H,3,5,8H2,1-2H3. The summed E-state index contributed by atoms with van der Waals surface area (Å²) in [6, 6.07) is 5.48. The van der Waals surface area contributed by atoms with Crippen molar-refractivity contribution < 1.29 is 10.2 Å². The van der Waals surface area contributed by atoms with Gasteiger partial charge in [0.25, 0.3) is 0 Å². The normalized spacial score (nSPS) is 16.3. The minimum atomic E-state index is -0.727. The fourth-order valence-corrected chi connectivity index (χ4v) is 2.53. The Morgan fingerprint density at radius 1 is 1.17 bits per heavy atom. The second-order valence-corrected chi connectivity index (χ2v) is 5.49. The van der Waals surface area contributed by atoms with Crippen LogP contribution in [0.2, 0.25) is 10.0 Å². The zero-order valence-electron chi connectivity index (χ0n) is 10.7. The summed E-state index contributed by atoms with van der Waals surface area (Å²) >= 11 is 12.1. The van der Waals surface area contributed by atoms with Gasteiger partial charge < -0.3 is 10.2 Å². The third-order valence-electron chi connectivity index (χ3n) is 3.14. The first-order valence-electron chi connectivity index (χ1n) is 6.27. The topological polar surface area (TPSA) is 40.5 Å². The van der Waals surface area contributed by atoms with E-state index in [0.29, 0.717) is 22.9 Å². The summed E-state index contributed by atoms with van der Waals surface area (Å²) in [5.41, 5.74) is 0.909. The first kappa shape index (κ1) is 15.8. The van der Waals surface area contributed by atoms with E-state index in [0.717, 1.165) is 12.0 Å². The van der Waals surface area contributed by atoms with Crippen LogP contribution in [0.25, 0.3) is 0 Å². The molecule has 1 aromatic carbocycles. The van der Waals surface area contributed by atoms with Gasteiger partial charge in [-0.3, -0.25) is 0 Å². The zero-order chi connectivity index (χ0) is 13.7. The lowest BCUT2D eigenvalue weighted by Crippen LogP contribution is -2.27. The molecule has 1 aromatic rings. The molecule has 0 bridgehead atoms. The average molecular weight is 291 g/mol. The van der Waals surface area contributed by atoms with Crippen molar-refractivity contribution in [3.8, 4) is 0 Å². The fourth-order valence-electron chi connectivity index (χ4n) is 2.04. The maximum atomic E-state index is 9.91. The van der Waals surface area contributed by atoms with Gasteiger partial charge in [0, 0.05) is 0 Å². The molecule has 2 nitrogen and oxygen atoms in total. The number of rotatable bonds is 6. The molecule has 0 radical (unpaired) electrons. The summed E-state index contributed by atoms with van der Waals surface area (Å²) in [7, 11) is 0. The molecule has 0 aliphatic rings. The van der Waals surface area contributed by atoms with E-state index in [1.807, 2.05) is 26.0 Å². The molecule has 1 rings (SSSR count). The van der Waals surface area contributed by atoms with E-state index in [1.165, 1.54) is 0 Å². The molecule has 18 heavy (non-hydrogen) atoms. The van der Waals surface area contributed by atoms with Crippen molar-refractivity contribution in [2.45, 2.75) is 51.2 Å². The van der Waals surface area contributed by atoms with Crippen LogP contribution < -0.4 is 0 Å². The van der Waals surface area contributed by atoms with Gasteiger partial charge in [-0.25, -0.2) is 0 Å². The van der Waals surface area contributed by atoms with Crippen molar-refractivity contribution in [2.24, 2.45) is 0 Å². The Balaban J connectivity index is 2.70. The van der Waals surface area contributed by atoms with Gasteiger partial charge in [-0.05, 0) is 30.4 Å². The zero-order valence-corrected chi connectivity index (χ0v) is 12.2. The van der Waals surface area contributed by atoms with Crippen molar-refractivity contribution >= 4 is 23.2 Å². The maximum Gasteiger partial charge on any atom is 0.0804 e. The van der Waals surface area contributed by atoms with Gasteiger partial charge >= 0.3 is 0 Å². The van der Waals surface area contributed by atoms with Crippen LogP contribution >= 0.6 is 23.2 Å². The van der Waals surface area contributed by atoms with Crippen LogP contribution in [0.1, 0.15) is 44.6 Å². The van der Waals surface area contributed by atoms with Gasteiger partial charge in [0.05, 0.1) is 22.3 Å². The second-order valence-electron chi connectivity index (χ2n) is 4.70. The third kappa shape index (κ3) is 4.13. The largest absolute Gasteiger partial charge is 0.390 e. The van der Waals surface area contributed by atoms with Crippen molar-refractivity contribution in [2.75, 3.05) is 0 Å². The number of hydrogen-bond donors (Lipinski definition) is 2. The van der Waals surface area contributed by atoms with E-state index >= 15 is 0 Å². The molecule has 0 aliphatic carbocycles. The highest BCUT2D eigenvalue weighted by Gasteiger charge is 2.20. The van der Waals surface area contributed by atoms with Gasteiger partial charge in [-0.2, -0.15) is 0 Å². The molecule has 0 saturated carbocycles. The van der Waals surface area contributed by atoms with Gasteiger partial charge in [-0.1, -0.05) is 55.6 Å². The molecule has 4 heteroatoms. The van der Waals surface area contributed by atoms with E-state index in [-0.39, 0.29) is 5.92 Å². The molecule has 0 aliphatic heterocycles. The maximum absolute atomic E-state index is 9.91. The van der Waals surface area contributed by atoms with Crippen LogP contribution in [-0.2, 0) is 0 Å². The van der Waals surface area contributed by atoms with Crippen molar-refractivity contribution in [3.05, 3.63) is 33.8 Å². The average Bonchev–Trinajstić information content (AvgIpc) is 2.32. The molecule has 3 atom stereocenters. The van der Waals surface area contributed by atoms with Crippen LogP contribution in [0.5, 0.6) is 0 Å². The third-order valence-corrected chi connectivity index (χ3v) is 3.97. The van der Waals surface area contributed by atoms with E-state index in [2.05, 4.69) is 0 Å². The SMILES string of the molecule is CCCC(O)C(O)CC(C)c1cccc(Cl)c1Cl. The van der Waals surface area contributed by atoms with Gasteiger partial charge in [0.2, 0.25) is 0 Å². The number of aliphatic hydroxyl groups excluding tert-OH is 2. The minimum absolute atomic E-state index is 0.0534. The van der Waals surface area contributed by atoms with E-state index in [9.17, 15) is 10.2 Å². The van der Waals surface area contributed by atoms with Crippen molar-refractivity contribution in [3.63, 3.8) is 0 Å². The Kier molecular flexibility index (Phi) is 6.44. The molecule has 0 fully saturated rings. The Morgan fingerprint density at radius 3 is 2.44 bits per heavy atom. The molecule has 0 amide bonds. The lowest BCUT2D eigenvalue weighted by molar-refractivity contribution is 0.00638. The second kappa shape index (κ2) is 7.34. The van der Waals surface area contributed by atoms with E-state index < -0.39 is 12.2 Å². The van der Waals surface area contributed by atoms with Crippen molar-refractivity contribution in [1.29, 1.82) is 0 Å². The van der Waals surface area contributed by atoms with E-state index in [1.54, 1.807) is 6.07 Å². The Labute approximate surface area is 119 Å². The summed E-state index contributed by atoms with van der Waals surface area (Å²) in [6.45, 7) is 3.95. The lowest BCUT2D eigenvalue weighted by atomic mass is 9.92. The van der Waals surface area contributed by atoms with Crippen LogP contribution in [0, 0.1) is 0 Å². The Hall–Kier alpha value is -0.280. The molecule has 2 N–H and O–H groups in total. The molecular formula is C14H20Cl2O2. The lowest BCUT2D eigenvalue weighted by Gasteiger charge is -2.22. The molecule has 0 saturated heterocycles. The number of aliphatic hydroxyl groups is 2. The van der Waals surface area contributed by atoms with Crippen LogP contribution in [-0.4, -0.2) is 22.4 Å². The molecule has 0 heterocycles. The highest BCUT2D eigenvalue weighted by atomic mass is 35.5. The number of hydrogen-bond acceptors (Lipinski definition) is 2. The minimum Gasteiger partial charge on any atom is -0.390 e. The van der Waals surface area contributed by atoms with Crippen LogP contribution in [0.15, 0.2) is 18.2 Å². The summed E-state index contributed by atoms with van der Waals surface area (Å²) < 4.78 is 0. The Bertz CT molecular complexity index is 382. The van der Waals surface area contributed by atoms with Gasteiger partial charge in [-0.15, -0.1) is 0 Å². The molecular weight excluding hydrogens is 271 g/mol. The smallest absolute Gasteiger partial charge is 0.0804 e. The van der Waals surface area contributed by atoms with Gasteiger partial charge in [0.1, 0.15) is 0 Å². The van der Waals surface area contributed by atoms with Crippen molar-refractivity contribution in [1.82, 2.24) is 0 Å². The van der Waals surface area contributed by atoms with Gasteiger partial charge in [0.15, 0.2) is 0 Å². The van der Waals surface area contributed by atoms with E-state index in [4.69, 9.17) is 23.2 Å². The quantitative estimate of drug-likeness (QED) is 0.831. The number of halogens is 2. The highest BCUT2D eigenvalue weighted by molar-refractivity contribution is 6.42. The summed E-state index contributed by atoms with van der Waals surface area (Å²) in [5.74, 6) is 0.0534. The Morgan fingerprint density at radius 2 is 1.83 bits per heavy atom. The molecule has 3 unspecified atom stereocenters. The summed E-state index contributed by atoms with van der Waals surface area (Å²) in [5, 5.41) is 20.7. The molecule has 0 spiro atoms. The molecule has 0 aromatic heterocycles. The summed E-state index contributed by atoms with van der Waals surface area (Å²) in [6.07, 6.45) is 0.536. The predicted octanol–water partition coefficient (Wildman–Crippen LogP) is 4.01. The highest BCUT2D eigenvalue weighted by Crippen LogP contribution is 2.33. The first-order valence-corrected chi connectivity index (χ1v) is 7.03. The fraction of sp³-hybridized carbons (Fsp3) is 0.571.